The molecule has 23 heteroatoms. The van der Waals surface area contributed by atoms with E-state index < -0.39 is 67.0 Å². The van der Waals surface area contributed by atoms with Gasteiger partial charge in [-0.1, -0.05) is 72.3 Å². The van der Waals surface area contributed by atoms with Gasteiger partial charge >= 0.3 is 29.6 Å². The maximum Gasteiger partial charge on any atom is 1.00 e. The van der Waals surface area contributed by atoms with Gasteiger partial charge in [0, 0.05) is 11.1 Å². The standard InChI is InChI=1S/C18H17ClFN5O3.C18H18FN5O4.H2NO.Na/c19-15-13-16(24-18(21)23-15)25(8-22-13)10-6-26-11-7-27-17(28-14(11)12(10)20)9-4-2-1-3-5-9;19-12-10(24-8-21-13-15(24)22-18(20)23-16(13)25)6-26-11-7-27-17(28-14(11)12)9-4-2-1-3-5-9;1-2;/h1-5,8,10-12,14,17H,6-7H2,(H2,21,23,24);1-5,8,10-12,14,17H,6-7H2,(H3,20,22,23,25);1-2H;/q;;-1;+1/t2*10-,11-,12+,14-,17?;;/m11../s1. The number of ether oxygens (including phenoxy) is 6. The quantitative estimate of drug-likeness (QED) is 0.110. The van der Waals surface area contributed by atoms with Crippen molar-refractivity contribution in [3.63, 3.8) is 0 Å². The summed E-state index contributed by atoms with van der Waals surface area (Å²) < 4.78 is 69.0. The van der Waals surface area contributed by atoms with Crippen molar-refractivity contribution in [2.75, 3.05) is 37.9 Å². The summed E-state index contributed by atoms with van der Waals surface area (Å²) >= 11 is 6.08. The number of nitrogens with two attached hydrogens (primary N) is 2. The summed E-state index contributed by atoms with van der Waals surface area (Å²) in [6.45, 7) is 0.679. The van der Waals surface area contributed by atoms with Crippen molar-refractivity contribution in [1.82, 2.24) is 39.0 Å². The Hall–Kier alpha value is -4.23. The van der Waals surface area contributed by atoms with Gasteiger partial charge in [-0.2, -0.15) is 15.0 Å². The van der Waals surface area contributed by atoms with E-state index in [0.29, 0.717) is 11.2 Å². The number of hydrogen-bond donors (Lipinski definition) is 4. The fourth-order valence-corrected chi connectivity index (χ4v) is 7.59. The molecule has 2 aromatic carbocycles. The van der Waals surface area contributed by atoms with E-state index in [1.165, 1.54) is 17.2 Å². The summed E-state index contributed by atoms with van der Waals surface area (Å²) in [7, 11) is 0. The SMILES string of the molecule is Nc1nc(Cl)c2ncn([C@@H]3CO[C@@H]4COC(c5ccccc5)O[C@H]4[C@H]3F)c2n1.Nc1nc2c(ncn2[C@@H]2CO[C@@H]3COC(c4ccccc4)O[C@H]3[C@H]2F)c(=O)[nH]1.[NH-]O.[Na+]. The normalized spacial score (nSPS) is 28.8. The summed E-state index contributed by atoms with van der Waals surface area (Å²) in [5.74, 6) is 4.69. The van der Waals surface area contributed by atoms with Gasteiger partial charge in [-0.05, 0) is 0 Å². The molecule has 4 fully saturated rings. The zero-order valence-corrected chi connectivity index (χ0v) is 34.0. The van der Waals surface area contributed by atoms with Crippen LogP contribution in [0, 0.1) is 0 Å². The average molecular weight is 848 g/mol. The summed E-state index contributed by atoms with van der Waals surface area (Å²) in [6.07, 6.45) is -3.84. The zero-order chi connectivity index (χ0) is 40.5. The van der Waals surface area contributed by atoms with Gasteiger partial charge in [-0.3, -0.25) is 9.78 Å². The maximum absolute atomic E-state index is 15.5. The minimum absolute atomic E-state index is 0. The molecule has 7 N–H and O–H groups in total. The molecule has 4 aliphatic heterocycles. The number of anilines is 2. The Morgan fingerprint density at radius 1 is 0.712 bits per heavy atom. The van der Waals surface area contributed by atoms with Crippen LogP contribution in [0.25, 0.3) is 28.2 Å². The van der Waals surface area contributed by atoms with Crippen molar-refractivity contribution in [1.29, 1.82) is 0 Å². The molecule has 8 heterocycles. The number of H-pyrrole nitrogens is 1. The van der Waals surface area contributed by atoms with Crippen molar-refractivity contribution < 1.29 is 72.0 Å². The van der Waals surface area contributed by atoms with Crippen LogP contribution in [0.4, 0.5) is 20.7 Å². The molecule has 0 aliphatic carbocycles. The van der Waals surface area contributed by atoms with Gasteiger partial charge in [0.2, 0.25) is 11.9 Å². The molecular weight excluding hydrogens is 811 g/mol. The molecule has 10 atom stereocenters. The minimum Gasteiger partial charge on any atom is -0.553 e. The second-order valence-corrected chi connectivity index (χ2v) is 14.0. The third kappa shape index (κ3) is 8.56. The predicted octanol–water partition coefficient (Wildman–Crippen LogP) is 0.980. The van der Waals surface area contributed by atoms with Gasteiger partial charge in [0.05, 0.1) is 51.2 Å². The van der Waals surface area contributed by atoms with Gasteiger partial charge in [0.25, 0.3) is 5.56 Å². The monoisotopic (exact) mass is 847 g/mol. The summed E-state index contributed by atoms with van der Waals surface area (Å²) in [5.41, 5.74) is 13.5. The van der Waals surface area contributed by atoms with E-state index in [9.17, 15) is 4.79 Å². The van der Waals surface area contributed by atoms with Crippen molar-refractivity contribution in [3.8, 4) is 0 Å². The van der Waals surface area contributed by atoms with Gasteiger partial charge < -0.3 is 60.1 Å². The molecule has 59 heavy (non-hydrogen) atoms. The summed E-state index contributed by atoms with van der Waals surface area (Å²) in [5, 5.41) is 6.37. The first kappa shape index (κ1) is 42.9. The van der Waals surface area contributed by atoms with E-state index in [2.05, 4.69) is 29.9 Å². The number of imidazole rings is 2. The molecule has 4 saturated heterocycles. The fraction of sp³-hybridized carbons (Fsp3) is 0.389. The molecule has 0 saturated carbocycles. The van der Waals surface area contributed by atoms with E-state index >= 15 is 8.78 Å². The van der Waals surface area contributed by atoms with Crippen molar-refractivity contribution >= 4 is 45.8 Å². The van der Waals surface area contributed by atoms with E-state index in [1.54, 1.807) is 4.57 Å². The molecule has 6 aromatic rings. The number of nitrogens with zero attached hydrogens (tertiary/aromatic N) is 7. The molecule has 10 rings (SSSR count). The number of aromatic nitrogens is 8. The number of fused-ring (bicyclic) bond motifs is 4. The van der Waals surface area contributed by atoms with Crippen LogP contribution in [-0.2, 0) is 28.4 Å². The van der Waals surface area contributed by atoms with Crippen molar-refractivity contribution in [2.24, 2.45) is 0 Å². The number of aromatic amines is 1. The zero-order valence-electron chi connectivity index (χ0n) is 31.3. The largest absolute Gasteiger partial charge is 1.00 e. The number of halogens is 3. The number of hydrogen-bond acceptors (Lipinski definition) is 15. The Balaban J connectivity index is 0.000000169. The van der Waals surface area contributed by atoms with E-state index in [1.807, 2.05) is 60.7 Å². The first-order valence-electron chi connectivity index (χ1n) is 18.0. The van der Waals surface area contributed by atoms with Crippen LogP contribution in [0.15, 0.2) is 78.1 Å². The predicted molar refractivity (Wildman–Crippen MR) is 201 cm³/mol. The number of nitrogen functional groups attached to an aromatic ring is 2. The molecule has 2 unspecified atom stereocenters. The first-order chi connectivity index (χ1) is 28.2. The second kappa shape index (κ2) is 18.6. The van der Waals surface area contributed by atoms with Gasteiger partial charge in [0.1, 0.15) is 29.9 Å². The molecule has 0 bridgehead atoms. The van der Waals surface area contributed by atoms with Crippen LogP contribution in [-0.4, -0.2) is 107 Å². The Morgan fingerprint density at radius 2 is 1.19 bits per heavy atom. The Bertz CT molecular complexity index is 2400. The van der Waals surface area contributed by atoms with Gasteiger partial charge in [0.15, 0.2) is 46.9 Å². The Morgan fingerprint density at radius 3 is 1.69 bits per heavy atom. The number of nitrogens with one attached hydrogen (secondary N) is 2. The smallest absolute Gasteiger partial charge is 0.553 e. The van der Waals surface area contributed by atoms with Crippen LogP contribution in [0.2, 0.25) is 5.15 Å². The molecule has 19 nitrogen and oxygen atoms in total. The molecule has 4 aromatic heterocycles. The number of benzene rings is 2. The first-order valence-corrected chi connectivity index (χ1v) is 18.4. The second-order valence-electron chi connectivity index (χ2n) is 13.6. The van der Waals surface area contributed by atoms with Crippen LogP contribution < -0.4 is 46.6 Å². The minimum atomic E-state index is -1.41. The van der Waals surface area contributed by atoms with Gasteiger partial charge in [-0.25, -0.2) is 18.7 Å². The number of alkyl halides is 2. The summed E-state index contributed by atoms with van der Waals surface area (Å²) in [6, 6.07) is 17.3. The third-order valence-corrected chi connectivity index (χ3v) is 10.4. The average Bonchev–Trinajstić information content (AvgIpc) is 3.88. The molecule has 0 spiro atoms. The summed E-state index contributed by atoms with van der Waals surface area (Å²) in [4.78, 5) is 34.8. The van der Waals surface area contributed by atoms with Crippen LogP contribution >= 0.6 is 11.6 Å². The van der Waals surface area contributed by atoms with Crippen LogP contribution in [0.5, 0.6) is 0 Å². The molecule has 4 aliphatic rings. The molecule has 0 amide bonds. The van der Waals surface area contributed by atoms with E-state index in [-0.39, 0.29) is 84.2 Å². The number of rotatable bonds is 4. The Kier molecular flexibility index (Phi) is 13.5. The van der Waals surface area contributed by atoms with Gasteiger partial charge in [-0.15, -0.1) is 0 Å². The van der Waals surface area contributed by atoms with Crippen molar-refractivity contribution in [2.45, 2.75) is 61.4 Å². The molecule has 0 radical (unpaired) electrons. The van der Waals surface area contributed by atoms with Crippen LogP contribution in [0.1, 0.15) is 35.8 Å². The third-order valence-electron chi connectivity index (χ3n) is 10.1. The fourth-order valence-electron chi connectivity index (χ4n) is 7.37. The van der Waals surface area contributed by atoms with E-state index in [4.69, 9.17) is 62.6 Å². The topological polar surface area (TPSA) is 259 Å². The maximum atomic E-state index is 15.5. The van der Waals surface area contributed by atoms with E-state index in [0.717, 1.165) is 11.1 Å². The molecular formula is C36H37ClF2N11NaO8. The van der Waals surface area contributed by atoms with Crippen LogP contribution in [0.3, 0.4) is 0 Å². The Labute approximate surface area is 360 Å². The molecule has 306 valence electrons. The van der Waals surface area contributed by atoms with Crippen molar-refractivity contribution in [3.05, 3.63) is 106 Å².